The molecule has 1 aromatic rings. The van der Waals surface area contributed by atoms with Crippen LogP contribution in [0.15, 0.2) is 24.3 Å². The Kier molecular flexibility index (Phi) is 5.11. The number of rotatable bonds is 6. The molecule has 0 aliphatic carbocycles. The third kappa shape index (κ3) is 3.73. The second-order valence-electron chi connectivity index (χ2n) is 3.55. The van der Waals surface area contributed by atoms with E-state index in [1.54, 1.807) is 0 Å². The number of ether oxygens (including phenoxy) is 1. The molecule has 18 heavy (non-hydrogen) atoms. The van der Waals surface area contributed by atoms with E-state index < -0.39 is 18.2 Å². The van der Waals surface area contributed by atoms with Crippen LogP contribution in [0.25, 0.3) is 0 Å². The van der Waals surface area contributed by atoms with Gasteiger partial charge >= 0.3 is 5.97 Å². The normalized spacial score (nSPS) is 13.4. The van der Waals surface area contributed by atoms with Gasteiger partial charge in [0.05, 0.1) is 12.5 Å². The molecular formula is C12H13NO5. The molecule has 0 aromatic heterocycles. The maximum Gasteiger partial charge on any atom is 0.335 e. The number of hydrogen-bond acceptors (Lipinski definition) is 5. The van der Waals surface area contributed by atoms with Gasteiger partial charge in [-0.2, -0.15) is 5.26 Å². The quantitative estimate of drug-likeness (QED) is 0.633. The largest absolute Gasteiger partial charge is 0.493 e. The Labute approximate surface area is 104 Å². The van der Waals surface area contributed by atoms with Crippen molar-refractivity contribution in [2.75, 3.05) is 6.61 Å². The van der Waals surface area contributed by atoms with Crippen molar-refractivity contribution in [2.24, 2.45) is 0 Å². The summed E-state index contributed by atoms with van der Waals surface area (Å²) in [5, 5.41) is 35.6. The van der Waals surface area contributed by atoms with Crippen molar-refractivity contribution in [1.82, 2.24) is 0 Å². The lowest BCUT2D eigenvalue weighted by atomic mass is 10.0. The molecule has 0 saturated carbocycles. The van der Waals surface area contributed by atoms with Gasteiger partial charge in [0.15, 0.2) is 6.10 Å². The first-order valence-corrected chi connectivity index (χ1v) is 5.25. The smallest absolute Gasteiger partial charge is 0.335 e. The highest BCUT2D eigenvalue weighted by molar-refractivity contribution is 5.73. The summed E-state index contributed by atoms with van der Waals surface area (Å²) >= 11 is 0. The molecule has 0 fully saturated rings. The topological polar surface area (TPSA) is 111 Å². The molecule has 0 aliphatic heterocycles. The van der Waals surface area contributed by atoms with Crippen LogP contribution in [0.5, 0.6) is 5.75 Å². The Hall–Kier alpha value is -2.10. The van der Waals surface area contributed by atoms with E-state index in [-0.39, 0.29) is 18.6 Å². The van der Waals surface area contributed by atoms with Gasteiger partial charge in [0.25, 0.3) is 0 Å². The fraction of sp³-hybridized carbons (Fsp3) is 0.333. The molecular weight excluding hydrogens is 238 g/mol. The standard InChI is InChI=1S/C12H13NO5/c13-6-1-7-18-9-4-2-8(3-5-9)10(14)11(15)12(16)17/h2-5,10-11,14-15H,1,7H2,(H,16,17). The Morgan fingerprint density at radius 1 is 1.33 bits per heavy atom. The van der Waals surface area contributed by atoms with Crippen LogP contribution in [0.2, 0.25) is 0 Å². The van der Waals surface area contributed by atoms with E-state index in [4.69, 9.17) is 15.1 Å². The molecule has 3 N–H and O–H groups in total. The maximum absolute atomic E-state index is 10.5. The average Bonchev–Trinajstić information content (AvgIpc) is 2.38. The average molecular weight is 251 g/mol. The molecule has 0 radical (unpaired) electrons. The fourth-order valence-electron chi connectivity index (χ4n) is 1.29. The molecule has 0 spiro atoms. The lowest BCUT2D eigenvalue weighted by molar-refractivity contribution is -0.153. The number of aliphatic carboxylic acids is 1. The molecule has 2 atom stereocenters. The Morgan fingerprint density at radius 2 is 1.94 bits per heavy atom. The van der Waals surface area contributed by atoms with Crippen molar-refractivity contribution in [2.45, 2.75) is 18.6 Å². The molecule has 96 valence electrons. The fourth-order valence-corrected chi connectivity index (χ4v) is 1.29. The summed E-state index contributed by atoms with van der Waals surface area (Å²) in [6.07, 6.45) is -3.09. The van der Waals surface area contributed by atoms with E-state index in [2.05, 4.69) is 0 Å². The number of carbonyl (C=O) groups is 1. The van der Waals surface area contributed by atoms with E-state index in [1.807, 2.05) is 6.07 Å². The third-order valence-corrected chi connectivity index (χ3v) is 2.26. The molecule has 6 heteroatoms. The zero-order valence-electron chi connectivity index (χ0n) is 9.48. The highest BCUT2D eigenvalue weighted by Gasteiger charge is 2.24. The number of nitriles is 1. The van der Waals surface area contributed by atoms with E-state index in [0.717, 1.165) is 0 Å². The number of carboxylic acid groups (broad SMARTS) is 1. The highest BCUT2D eigenvalue weighted by Crippen LogP contribution is 2.20. The zero-order chi connectivity index (χ0) is 13.5. The van der Waals surface area contributed by atoms with Gasteiger partial charge in [-0.1, -0.05) is 12.1 Å². The van der Waals surface area contributed by atoms with Crippen molar-refractivity contribution >= 4 is 5.97 Å². The molecule has 0 heterocycles. The Balaban J connectivity index is 2.65. The minimum Gasteiger partial charge on any atom is -0.493 e. The van der Waals surface area contributed by atoms with Crippen LogP contribution in [-0.2, 0) is 4.79 Å². The number of benzene rings is 1. The first-order chi connectivity index (χ1) is 8.56. The van der Waals surface area contributed by atoms with E-state index in [9.17, 15) is 15.0 Å². The van der Waals surface area contributed by atoms with Crippen LogP contribution >= 0.6 is 0 Å². The molecule has 1 rings (SSSR count). The van der Waals surface area contributed by atoms with Gasteiger partial charge in [-0.25, -0.2) is 4.79 Å². The van der Waals surface area contributed by atoms with E-state index in [1.165, 1.54) is 24.3 Å². The molecule has 0 aliphatic rings. The minimum absolute atomic E-state index is 0.260. The summed E-state index contributed by atoms with van der Waals surface area (Å²) in [5.74, 6) is -0.983. The molecule has 6 nitrogen and oxygen atoms in total. The predicted molar refractivity (Wildman–Crippen MR) is 60.8 cm³/mol. The summed E-state index contributed by atoms with van der Waals surface area (Å²) in [7, 11) is 0. The van der Waals surface area contributed by atoms with Gasteiger partial charge in [0.1, 0.15) is 18.5 Å². The van der Waals surface area contributed by atoms with Gasteiger partial charge in [-0.05, 0) is 17.7 Å². The second-order valence-corrected chi connectivity index (χ2v) is 3.55. The van der Waals surface area contributed by atoms with Gasteiger partial charge in [0.2, 0.25) is 0 Å². The first kappa shape index (κ1) is 14.0. The van der Waals surface area contributed by atoms with Crippen molar-refractivity contribution in [3.8, 4) is 11.8 Å². The summed E-state index contributed by atoms with van der Waals surface area (Å²) < 4.78 is 5.21. The molecule has 0 amide bonds. The number of hydrogen-bond donors (Lipinski definition) is 3. The van der Waals surface area contributed by atoms with Crippen molar-refractivity contribution in [1.29, 1.82) is 5.26 Å². The predicted octanol–water partition coefficient (Wildman–Crippen LogP) is 0.458. The van der Waals surface area contributed by atoms with Gasteiger partial charge in [-0.3, -0.25) is 0 Å². The molecule has 0 saturated heterocycles. The van der Waals surface area contributed by atoms with Crippen molar-refractivity contribution < 1.29 is 24.9 Å². The summed E-state index contributed by atoms with van der Waals surface area (Å²) in [4.78, 5) is 10.5. The second kappa shape index (κ2) is 6.59. The molecule has 0 bridgehead atoms. The monoisotopic (exact) mass is 251 g/mol. The SMILES string of the molecule is N#CCCOc1ccc(C(O)C(O)C(=O)O)cc1. The number of carboxylic acids is 1. The lowest BCUT2D eigenvalue weighted by Crippen LogP contribution is -2.27. The number of aliphatic hydroxyl groups is 2. The highest BCUT2D eigenvalue weighted by atomic mass is 16.5. The maximum atomic E-state index is 10.5. The first-order valence-electron chi connectivity index (χ1n) is 5.25. The Bertz CT molecular complexity index is 437. The van der Waals surface area contributed by atoms with Gasteiger partial charge < -0.3 is 20.1 Å². The number of nitrogens with zero attached hydrogens (tertiary/aromatic N) is 1. The van der Waals surface area contributed by atoms with Crippen LogP contribution in [0.3, 0.4) is 0 Å². The number of aliphatic hydroxyl groups excluding tert-OH is 2. The zero-order valence-corrected chi connectivity index (χ0v) is 9.48. The lowest BCUT2D eigenvalue weighted by Gasteiger charge is -2.14. The van der Waals surface area contributed by atoms with Crippen LogP contribution in [0, 0.1) is 11.3 Å². The summed E-state index contributed by atoms with van der Waals surface area (Å²) in [6, 6.07) is 7.91. The third-order valence-electron chi connectivity index (χ3n) is 2.26. The van der Waals surface area contributed by atoms with Gasteiger partial charge in [0, 0.05) is 0 Å². The van der Waals surface area contributed by atoms with Gasteiger partial charge in [-0.15, -0.1) is 0 Å². The van der Waals surface area contributed by atoms with Crippen LogP contribution in [-0.4, -0.2) is 34.0 Å². The Morgan fingerprint density at radius 3 is 2.44 bits per heavy atom. The summed E-state index contributed by atoms with van der Waals surface area (Å²) in [6.45, 7) is 0.260. The van der Waals surface area contributed by atoms with Crippen LogP contribution < -0.4 is 4.74 Å². The van der Waals surface area contributed by atoms with Crippen molar-refractivity contribution in [3.63, 3.8) is 0 Å². The van der Waals surface area contributed by atoms with Crippen LogP contribution in [0.4, 0.5) is 0 Å². The molecule has 1 aromatic carbocycles. The van der Waals surface area contributed by atoms with E-state index >= 15 is 0 Å². The van der Waals surface area contributed by atoms with Crippen LogP contribution in [0.1, 0.15) is 18.1 Å². The molecule has 2 unspecified atom stereocenters. The summed E-state index contributed by atoms with van der Waals surface area (Å²) in [5.41, 5.74) is 0.275. The van der Waals surface area contributed by atoms with E-state index in [0.29, 0.717) is 5.75 Å². The van der Waals surface area contributed by atoms with Crippen molar-refractivity contribution in [3.05, 3.63) is 29.8 Å². The minimum atomic E-state index is -1.87.